The molecule has 264 valence electrons. The molecule has 5 rings (SSSR count). The topological polar surface area (TPSA) is 76.2 Å². The van der Waals surface area contributed by atoms with Crippen molar-refractivity contribution in [3.05, 3.63) is 99.3 Å². The van der Waals surface area contributed by atoms with Gasteiger partial charge in [-0.25, -0.2) is 9.18 Å². The average molecular weight is 743 g/mol. The molecule has 0 radical (unpaired) electrons. The Labute approximate surface area is 296 Å². The molecule has 0 N–H and O–H groups in total. The number of hydrogen-bond acceptors (Lipinski definition) is 5. The standard InChI is InChI=1S/C35H37Cl2F4N3O4S/c1-42(31(45)21-35(39,40)41)23-33(25-11-12-29(36)30(37)19-25,43(2)32(46)48-27-9-5-8-26(38)20-27)13-6-16-44-17-14-34(15-18-44)28-10-4-3-7-24(28)22-49(34)47/h3-5,7-12,19-20H,6,13-18,21-23H2,1-2H3/t33-,49?/m1/s1. The van der Waals surface area contributed by atoms with Crippen molar-refractivity contribution in [2.45, 2.75) is 54.3 Å². The third-order valence-electron chi connectivity index (χ3n) is 9.61. The number of halogens is 6. The predicted molar refractivity (Wildman–Crippen MR) is 182 cm³/mol. The van der Waals surface area contributed by atoms with Crippen LogP contribution >= 0.6 is 23.2 Å². The zero-order valence-corrected chi connectivity index (χ0v) is 29.4. The van der Waals surface area contributed by atoms with Crippen LogP contribution in [0.4, 0.5) is 22.4 Å². The van der Waals surface area contributed by atoms with Crippen molar-refractivity contribution in [3.63, 3.8) is 0 Å². The van der Waals surface area contributed by atoms with Crippen LogP contribution in [0.25, 0.3) is 0 Å². The van der Waals surface area contributed by atoms with Crippen LogP contribution in [0, 0.1) is 5.82 Å². The smallest absolute Gasteiger partial charge is 0.415 e. The molecule has 2 atom stereocenters. The Bertz CT molecular complexity index is 1670. The van der Waals surface area contributed by atoms with Crippen LogP contribution in [0.1, 0.15) is 48.8 Å². The third kappa shape index (κ3) is 8.31. The molecule has 0 saturated carbocycles. The second kappa shape index (κ2) is 15.1. The monoisotopic (exact) mass is 741 g/mol. The zero-order chi connectivity index (χ0) is 35.6. The van der Waals surface area contributed by atoms with E-state index in [-0.39, 0.29) is 33.5 Å². The number of hydrogen-bond donors (Lipinski definition) is 0. The molecule has 0 aliphatic carbocycles. The summed E-state index contributed by atoms with van der Waals surface area (Å²) in [5.41, 5.74) is 1.25. The van der Waals surface area contributed by atoms with E-state index >= 15 is 0 Å². The van der Waals surface area contributed by atoms with E-state index in [2.05, 4.69) is 11.0 Å². The summed E-state index contributed by atoms with van der Waals surface area (Å²) in [6.45, 7) is 1.58. The number of carbonyl (C=O) groups excluding carboxylic acids is 2. The summed E-state index contributed by atoms with van der Waals surface area (Å²) in [5.74, 6) is -1.35. The van der Waals surface area contributed by atoms with Crippen molar-refractivity contribution in [1.82, 2.24) is 14.7 Å². The van der Waals surface area contributed by atoms with Gasteiger partial charge in [0.05, 0.1) is 15.6 Å². The first kappa shape index (κ1) is 37.2. The number of amides is 2. The fourth-order valence-electron chi connectivity index (χ4n) is 6.95. The molecule has 2 aliphatic heterocycles. The molecular weight excluding hydrogens is 705 g/mol. The van der Waals surface area contributed by atoms with Crippen LogP contribution in [-0.2, 0) is 32.0 Å². The average Bonchev–Trinajstić information content (AvgIpc) is 3.31. The van der Waals surface area contributed by atoms with E-state index in [4.69, 9.17) is 27.9 Å². The molecule has 1 saturated heterocycles. The minimum absolute atomic E-state index is 0.0745. The van der Waals surface area contributed by atoms with Gasteiger partial charge in [0.1, 0.15) is 23.7 Å². The van der Waals surface area contributed by atoms with Crippen LogP contribution in [0.2, 0.25) is 10.0 Å². The largest absolute Gasteiger partial charge is 0.615 e. The van der Waals surface area contributed by atoms with E-state index < -0.39 is 47.1 Å². The van der Waals surface area contributed by atoms with Crippen LogP contribution in [0.5, 0.6) is 5.75 Å². The van der Waals surface area contributed by atoms with Gasteiger partial charge in [0.2, 0.25) is 5.91 Å². The number of piperidine rings is 1. The number of fused-ring (bicyclic) bond motifs is 2. The summed E-state index contributed by atoms with van der Waals surface area (Å²) < 4.78 is 72.2. The molecular formula is C35H37Cl2F4N3O4S. The van der Waals surface area contributed by atoms with Gasteiger partial charge in [-0.15, -0.1) is 0 Å². The second-order valence-corrected chi connectivity index (χ2v) is 15.2. The van der Waals surface area contributed by atoms with E-state index in [1.54, 1.807) is 6.07 Å². The molecule has 14 heteroatoms. The summed E-state index contributed by atoms with van der Waals surface area (Å²) >= 11 is 11.6. The van der Waals surface area contributed by atoms with E-state index in [1.807, 2.05) is 18.2 Å². The molecule has 2 heterocycles. The minimum atomic E-state index is -4.74. The van der Waals surface area contributed by atoms with Gasteiger partial charge in [0, 0.05) is 63.8 Å². The van der Waals surface area contributed by atoms with E-state index in [1.165, 1.54) is 49.3 Å². The molecule has 0 bridgehead atoms. The molecule has 49 heavy (non-hydrogen) atoms. The lowest BCUT2D eigenvalue weighted by atomic mass is 9.82. The number of nitrogens with zero attached hydrogens (tertiary/aromatic N) is 3. The highest BCUT2D eigenvalue weighted by Crippen LogP contribution is 2.49. The van der Waals surface area contributed by atoms with Gasteiger partial charge in [0.15, 0.2) is 4.75 Å². The molecule has 7 nitrogen and oxygen atoms in total. The maximum absolute atomic E-state index is 13.9. The maximum Gasteiger partial charge on any atom is 0.415 e. The summed E-state index contributed by atoms with van der Waals surface area (Å²) in [6.07, 6.45) is -5.29. The maximum atomic E-state index is 13.9. The Morgan fingerprint density at radius 3 is 2.39 bits per heavy atom. The number of likely N-dealkylation sites (tertiary alicyclic amines) is 1. The fraction of sp³-hybridized carbons (Fsp3) is 0.429. The number of ether oxygens (including phenoxy) is 1. The summed E-state index contributed by atoms with van der Waals surface area (Å²) in [4.78, 5) is 30.9. The first-order valence-electron chi connectivity index (χ1n) is 15.8. The highest BCUT2D eigenvalue weighted by molar-refractivity contribution is 7.92. The molecule has 1 spiro atoms. The highest BCUT2D eigenvalue weighted by atomic mass is 35.5. The highest BCUT2D eigenvalue weighted by Gasteiger charge is 2.52. The Hall–Kier alpha value is -3.03. The van der Waals surface area contributed by atoms with Gasteiger partial charge >= 0.3 is 12.3 Å². The van der Waals surface area contributed by atoms with E-state index in [9.17, 15) is 31.7 Å². The molecule has 1 unspecified atom stereocenters. The lowest BCUT2D eigenvalue weighted by Crippen LogP contribution is -2.55. The third-order valence-corrected chi connectivity index (χ3v) is 12.4. The van der Waals surface area contributed by atoms with Gasteiger partial charge < -0.3 is 19.1 Å². The fourth-order valence-corrected chi connectivity index (χ4v) is 9.14. The second-order valence-electron chi connectivity index (χ2n) is 12.7. The Morgan fingerprint density at radius 1 is 1.00 bits per heavy atom. The number of likely N-dealkylation sites (N-methyl/N-ethyl adjacent to an activating group) is 2. The normalized spacial score (nSPS) is 18.5. The predicted octanol–water partition coefficient (Wildman–Crippen LogP) is 7.90. The van der Waals surface area contributed by atoms with Crippen molar-refractivity contribution in [1.29, 1.82) is 0 Å². The zero-order valence-electron chi connectivity index (χ0n) is 27.1. The van der Waals surface area contributed by atoms with Crippen molar-refractivity contribution < 1.29 is 36.4 Å². The van der Waals surface area contributed by atoms with Gasteiger partial charge in [0.25, 0.3) is 0 Å². The SMILES string of the molecule is CN(C[C@](CCCN1CCC2(CC1)c1ccccc1C[S+]2[O-])(c1ccc(Cl)c(Cl)c1)N(C)C(=O)Oc1cccc(F)c1)C(=O)CC(F)(F)F. The number of benzene rings is 3. The van der Waals surface area contributed by atoms with Crippen LogP contribution in [0.3, 0.4) is 0 Å². The molecule has 2 aliphatic rings. The van der Waals surface area contributed by atoms with Gasteiger partial charge in [-0.1, -0.05) is 59.6 Å². The summed E-state index contributed by atoms with van der Waals surface area (Å²) in [5, 5.41) is 0.366. The summed E-state index contributed by atoms with van der Waals surface area (Å²) in [6, 6.07) is 17.7. The van der Waals surface area contributed by atoms with Crippen LogP contribution in [0.15, 0.2) is 66.7 Å². The first-order chi connectivity index (χ1) is 23.1. The van der Waals surface area contributed by atoms with Crippen LogP contribution in [-0.4, -0.2) is 77.7 Å². The molecule has 3 aromatic carbocycles. The molecule has 0 aromatic heterocycles. The molecule has 2 amide bonds. The Balaban J connectivity index is 1.41. The lowest BCUT2D eigenvalue weighted by Gasteiger charge is -2.45. The van der Waals surface area contributed by atoms with Crippen LogP contribution < -0.4 is 4.74 Å². The number of rotatable bonds is 10. The number of alkyl halides is 3. The van der Waals surface area contributed by atoms with Crippen molar-refractivity contribution in [2.24, 2.45) is 0 Å². The first-order valence-corrected chi connectivity index (χ1v) is 17.9. The van der Waals surface area contributed by atoms with Crippen molar-refractivity contribution >= 4 is 46.4 Å². The Morgan fingerprint density at radius 2 is 1.71 bits per heavy atom. The number of carbonyl (C=O) groups is 2. The van der Waals surface area contributed by atoms with E-state index in [0.29, 0.717) is 50.2 Å². The van der Waals surface area contributed by atoms with Crippen molar-refractivity contribution in [2.75, 3.05) is 40.3 Å². The quantitative estimate of drug-likeness (QED) is 0.156. The van der Waals surface area contributed by atoms with E-state index in [0.717, 1.165) is 22.1 Å². The van der Waals surface area contributed by atoms with Gasteiger partial charge in [-0.05, 0) is 60.4 Å². The molecule has 1 fully saturated rings. The van der Waals surface area contributed by atoms with Crippen molar-refractivity contribution in [3.8, 4) is 5.75 Å². The van der Waals surface area contributed by atoms with Gasteiger partial charge in [-0.3, -0.25) is 9.69 Å². The molecule has 3 aromatic rings. The lowest BCUT2D eigenvalue weighted by molar-refractivity contribution is -0.161. The Kier molecular flexibility index (Phi) is 11.4. The minimum Gasteiger partial charge on any atom is -0.615 e. The summed E-state index contributed by atoms with van der Waals surface area (Å²) in [7, 11) is 2.67. The van der Waals surface area contributed by atoms with Gasteiger partial charge in [-0.2, -0.15) is 13.2 Å².